The van der Waals surface area contributed by atoms with Crippen LogP contribution in [-0.2, 0) is 6.54 Å². The lowest BCUT2D eigenvalue weighted by Crippen LogP contribution is -2.61. The van der Waals surface area contributed by atoms with Crippen molar-refractivity contribution in [1.29, 1.82) is 0 Å². The first-order chi connectivity index (χ1) is 14.5. The average molecular weight is 402 g/mol. The van der Waals surface area contributed by atoms with Crippen LogP contribution >= 0.6 is 0 Å². The molecular formula is C24H26N4O2. The van der Waals surface area contributed by atoms with Crippen LogP contribution in [0.25, 0.3) is 0 Å². The summed E-state index contributed by atoms with van der Waals surface area (Å²) in [6, 6.07) is 18.3. The number of likely N-dealkylation sites (tertiary alicyclic amines) is 2. The quantitative estimate of drug-likeness (QED) is 0.669. The van der Waals surface area contributed by atoms with Crippen LogP contribution < -0.4 is 0 Å². The van der Waals surface area contributed by atoms with E-state index in [2.05, 4.69) is 39.3 Å². The Bertz CT molecular complexity index is 1060. The predicted octanol–water partition coefficient (Wildman–Crippen LogP) is 3.43. The summed E-state index contributed by atoms with van der Waals surface area (Å²) in [5.41, 5.74) is 3.12. The molecule has 154 valence electrons. The highest BCUT2D eigenvalue weighted by Crippen LogP contribution is 2.49. The number of carbonyl (C=O) groups is 1. The minimum Gasteiger partial charge on any atom is -0.339 e. The van der Waals surface area contributed by atoms with E-state index in [4.69, 9.17) is 4.52 Å². The topological polar surface area (TPSA) is 62.5 Å². The second-order valence-corrected chi connectivity index (χ2v) is 8.78. The lowest BCUT2D eigenvalue weighted by Gasteiger charge is -2.50. The van der Waals surface area contributed by atoms with E-state index in [1.54, 1.807) is 0 Å². The summed E-state index contributed by atoms with van der Waals surface area (Å²) in [6.07, 6.45) is 0. The number of aromatic nitrogens is 2. The van der Waals surface area contributed by atoms with E-state index in [0.29, 0.717) is 11.7 Å². The van der Waals surface area contributed by atoms with Crippen molar-refractivity contribution >= 4 is 5.91 Å². The van der Waals surface area contributed by atoms with Crippen molar-refractivity contribution in [2.45, 2.75) is 26.3 Å². The lowest BCUT2D eigenvalue weighted by atomic mass is 9.71. The number of hydrogen-bond acceptors (Lipinski definition) is 5. The van der Waals surface area contributed by atoms with E-state index in [9.17, 15) is 4.79 Å². The fourth-order valence-corrected chi connectivity index (χ4v) is 4.97. The molecule has 0 bridgehead atoms. The number of amides is 1. The molecule has 1 spiro atoms. The van der Waals surface area contributed by atoms with Crippen molar-refractivity contribution in [3.63, 3.8) is 0 Å². The van der Waals surface area contributed by atoms with Gasteiger partial charge in [0.25, 0.3) is 5.91 Å². The Morgan fingerprint density at radius 2 is 1.90 bits per heavy atom. The highest BCUT2D eigenvalue weighted by Gasteiger charge is 2.57. The molecule has 2 aliphatic heterocycles. The van der Waals surface area contributed by atoms with Gasteiger partial charge in [0.2, 0.25) is 5.89 Å². The van der Waals surface area contributed by atoms with E-state index in [1.165, 1.54) is 5.56 Å². The zero-order valence-electron chi connectivity index (χ0n) is 17.4. The first-order valence-electron chi connectivity index (χ1n) is 10.4. The second kappa shape index (κ2) is 7.36. The molecule has 2 aromatic carbocycles. The highest BCUT2D eigenvalue weighted by atomic mass is 16.5. The molecule has 0 aliphatic carbocycles. The SMILES string of the molecule is Cc1cccc(C(=O)N2CC3(CN(Cc4ccccc4)CC3c3nc(C)no3)C2)c1. The highest BCUT2D eigenvalue weighted by molar-refractivity contribution is 5.95. The molecule has 0 radical (unpaired) electrons. The predicted molar refractivity (Wildman–Crippen MR) is 113 cm³/mol. The van der Waals surface area contributed by atoms with Gasteiger partial charge in [-0.3, -0.25) is 9.69 Å². The van der Waals surface area contributed by atoms with Crippen molar-refractivity contribution in [3.05, 3.63) is 83.0 Å². The minimum absolute atomic E-state index is 0.0345. The molecule has 1 aromatic heterocycles. The monoisotopic (exact) mass is 402 g/mol. The smallest absolute Gasteiger partial charge is 0.253 e. The zero-order chi connectivity index (χ0) is 20.7. The molecule has 30 heavy (non-hydrogen) atoms. The second-order valence-electron chi connectivity index (χ2n) is 8.78. The van der Waals surface area contributed by atoms with E-state index < -0.39 is 0 Å². The van der Waals surface area contributed by atoms with Crippen LogP contribution in [0.15, 0.2) is 59.1 Å². The van der Waals surface area contributed by atoms with Crippen molar-refractivity contribution in [2.75, 3.05) is 26.2 Å². The minimum atomic E-state index is -0.0345. The first-order valence-corrected chi connectivity index (χ1v) is 10.4. The molecule has 5 rings (SSSR count). The summed E-state index contributed by atoms with van der Waals surface area (Å²) in [5, 5.41) is 4.02. The molecule has 3 aromatic rings. The number of rotatable bonds is 4. The Morgan fingerprint density at radius 1 is 1.10 bits per heavy atom. The normalized spacial score (nSPS) is 20.5. The van der Waals surface area contributed by atoms with Crippen LogP contribution in [0.3, 0.4) is 0 Å². The van der Waals surface area contributed by atoms with Crippen molar-refractivity contribution in [3.8, 4) is 0 Å². The Hall–Kier alpha value is -2.99. The van der Waals surface area contributed by atoms with Gasteiger partial charge in [0.1, 0.15) is 0 Å². The number of carbonyl (C=O) groups excluding carboxylic acids is 1. The fourth-order valence-electron chi connectivity index (χ4n) is 4.97. The number of hydrogen-bond donors (Lipinski definition) is 0. The summed E-state index contributed by atoms with van der Waals surface area (Å²) < 4.78 is 5.58. The van der Waals surface area contributed by atoms with E-state index >= 15 is 0 Å². The van der Waals surface area contributed by atoms with Crippen LogP contribution in [0.5, 0.6) is 0 Å². The van der Waals surface area contributed by atoms with Crippen LogP contribution in [0.1, 0.15) is 39.1 Å². The van der Waals surface area contributed by atoms with Gasteiger partial charge in [-0.25, -0.2) is 0 Å². The molecule has 1 amide bonds. The maximum absolute atomic E-state index is 13.0. The Morgan fingerprint density at radius 3 is 2.60 bits per heavy atom. The Labute approximate surface area is 176 Å². The van der Waals surface area contributed by atoms with Crippen LogP contribution in [0.4, 0.5) is 0 Å². The van der Waals surface area contributed by atoms with Gasteiger partial charge in [0, 0.05) is 43.7 Å². The van der Waals surface area contributed by atoms with E-state index in [0.717, 1.165) is 43.9 Å². The molecule has 2 saturated heterocycles. The summed E-state index contributed by atoms with van der Waals surface area (Å²) in [5.74, 6) is 1.61. The van der Waals surface area contributed by atoms with Gasteiger partial charge in [-0.15, -0.1) is 0 Å². The summed E-state index contributed by atoms with van der Waals surface area (Å²) in [4.78, 5) is 22.0. The molecule has 2 fully saturated rings. The van der Waals surface area contributed by atoms with Gasteiger partial charge in [0.15, 0.2) is 5.82 Å². The van der Waals surface area contributed by atoms with Crippen molar-refractivity contribution in [2.24, 2.45) is 5.41 Å². The standard InChI is InChI=1S/C24H26N4O2/c1-17-7-6-10-20(11-17)23(29)28-15-24(16-28)14-27(12-19-8-4-3-5-9-19)13-21(24)22-25-18(2)26-30-22/h3-11,21H,12-16H2,1-2H3. The zero-order valence-corrected chi connectivity index (χ0v) is 17.4. The number of nitrogens with zero attached hydrogens (tertiary/aromatic N) is 4. The average Bonchev–Trinajstić information content (AvgIpc) is 3.31. The molecule has 1 atom stereocenters. The molecule has 3 heterocycles. The molecular weight excluding hydrogens is 376 g/mol. The van der Waals surface area contributed by atoms with Crippen molar-refractivity contribution < 1.29 is 9.32 Å². The van der Waals surface area contributed by atoms with Crippen LogP contribution in [-0.4, -0.2) is 52.0 Å². The van der Waals surface area contributed by atoms with Gasteiger partial charge < -0.3 is 9.42 Å². The molecule has 0 N–H and O–H groups in total. The van der Waals surface area contributed by atoms with E-state index in [1.807, 2.05) is 49.1 Å². The third-order valence-corrected chi connectivity index (χ3v) is 6.37. The van der Waals surface area contributed by atoms with Gasteiger partial charge >= 0.3 is 0 Å². The number of benzene rings is 2. The maximum Gasteiger partial charge on any atom is 0.253 e. The molecule has 1 unspecified atom stereocenters. The van der Waals surface area contributed by atoms with Crippen LogP contribution in [0.2, 0.25) is 0 Å². The summed E-state index contributed by atoms with van der Waals surface area (Å²) in [6.45, 7) is 7.98. The van der Waals surface area contributed by atoms with E-state index in [-0.39, 0.29) is 17.2 Å². The van der Waals surface area contributed by atoms with Gasteiger partial charge in [-0.05, 0) is 31.5 Å². The molecule has 0 saturated carbocycles. The third-order valence-electron chi connectivity index (χ3n) is 6.37. The van der Waals surface area contributed by atoms with Crippen molar-refractivity contribution in [1.82, 2.24) is 19.9 Å². The molecule has 6 heteroatoms. The Balaban J connectivity index is 1.36. The lowest BCUT2D eigenvalue weighted by molar-refractivity contribution is -0.00125. The van der Waals surface area contributed by atoms with Gasteiger partial charge in [-0.1, -0.05) is 53.2 Å². The maximum atomic E-state index is 13.0. The summed E-state index contributed by atoms with van der Waals surface area (Å²) in [7, 11) is 0. The molecule has 2 aliphatic rings. The number of aryl methyl sites for hydroxylation is 2. The Kier molecular flexibility index (Phi) is 4.66. The fraction of sp³-hybridized carbons (Fsp3) is 0.375. The summed E-state index contributed by atoms with van der Waals surface area (Å²) >= 11 is 0. The molecule has 6 nitrogen and oxygen atoms in total. The first kappa shape index (κ1) is 19.0. The van der Waals surface area contributed by atoms with Gasteiger partial charge in [0.05, 0.1) is 5.92 Å². The largest absolute Gasteiger partial charge is 0.339 e. The van der Waals surface area contributed by atoms with Crippen LogP contribution in [0, 0.1) is 19.3 Å². The van der Waals surface area contributed by atoms with Gasteiger partial charge in [-0.2, -0.15) is 4.98 Å². The third kappa shape index (κ3) is 3.41.